The summed E-state index contributed by atoms with van der Waals surface area (Å²) < 4.78 is 0. The standard InChI is InChI=1S/C19H33N5O9/c1-4-8(2)14(23-16(29)10(20)5-6-12(21)26)18(31)22-11(7-13(27)28)17(30)24-15(9(3)25)19(32)33/h8-11,14-15,25H,4-7,20H2,1-3H3,(H2,21,26)(H,22,31)(H,23,29)(H,24,30)(H,27,28)(H,32,33). The molecule has 33 heavy (non-hydrogen) atoms. The Morgan fingerprint density at radius 2 is 1.42 bits per heavy atom. The van der Waals surface area contributed by atoms with Crippen molar-refractivity contribution in [1.29, 1.82) is 0 Å². The van der Waals surface area contributed by atoms with Gasteiger partial charge < -0.3 is 42.7 Å². The first kappa shape index (κ1) is 29.7. The molecule has 0 aliphatic carbocycles. The first-order valence-electron chi connectivity index (χ1n) is 10.3. The van der Waals surface area contributed by atoms with Crippen LogP contribution in [0.5, 0.6) is 0 Å². The highest BCUT2D eigenvalue weighted by molar-refractivity contribution is 5.95. The average molecular weight is 475 g/mol. The van der Waals surface area contributed by atoms with Crippen LogP contribution in [0.3, 0.4) is 0 Å². The summed E-state index contributed by atoms with van der Waals surface area (Å²) in [4.78, 5) is 70.9. The second-order valence-electron chi connectivity index (χ2n) is 7.71. The van der Waals surface area contributed by atoms with Crippen LogP contribution in [-0.4, -0.2) is 81.2 Å². The van der Waals surface area contributed by atoms with Gasteiger partial charge in [0.2, 0.25) is 23.6 Å². The lowest BCUT2D eigenvalue weighted by molar-refractivity contribution is -0.146. The van der Waals surface area contributed by atoms with E-state index in [9.17, 15) is 33.9 Å². The van der Waals surface area contributed by atoms with Gasteiger partial charge in [-0.1, -0.05) is 20.3 Å². The molecule has 0 radical (unpaired) electrons. The SMILES string of the molecule is CCC(C)C(NC(=O)C(N)CCC(N)=O)C(=O)NC(CC(=O)O)C(=O)NC(C(=O)O)C(C)O. The molecule has 188 valence electrons. The second kappa shape index (κ2) is 14.0. The monoisotopic (exact) mass is 475 g/mol. The Morgan fingerprint density at radius 3 is 1.85 bits per heavy atom. The highest BCUT2D eigenvalue weighted by Crippen LogP contribution is 2.10. The molecular weight excluding hydrogens is 442 g/mol. The van der Waals surface area contributed by atoms with E-state index < -0.39 is 78.2 Å². The smallest absolute Gasteiger partial charge is 0.328 e. The molecule has 0 fully saturated rings. The number of carbonyl (C=O) groups excluding carboxylic acids is 4. The van der Waals surface area contributed by atoms with Crippen molar-refractivity contribution in [2.45, 2.75) is 76.7 Å². The zero-order valence-electron chi connectivity index (χ0n) is 18.7. The number of carboxylic acid groups (broad SMARTS) is 2. The van der Waals surface area contributed by atoms with Crippen LogP contribution < -0.4 is 27.4 Å². The summed E-state index contributed by atoms with van der Waals surface area (Å²) in [6.45, 7) is 4.46. The number of nitrogens with two attached hydrogens (primary N) is 2. The van der Waals surface area contributed by atoms with E-state index in [4.69, 9.17) is 21.7 Å². The number of aliphatic hydroxyl groups excluding tert-OH is 1. The van der Waals surface area contributed by atoms with Gasteiger partial charge in [0.25, 0.3) is 0 Å². The molecule has 14 heteroatoms. The summed E-state index contributed by atoms with van der Waals surface area (Å²) in [5.74, 6) is -6.94. The zero-order valence-corrected chi connectivity index (χ0v) is 18.7. The van der Waals surface area contributed by atoms with Gasteiger partial charge in [-0.05, 0) is 19.3 Å². The first-order chi connectivity index (χ1) is 15.2. The molecule has 0 aromatic heterocycles. The summed E-state index contributed by atoms with van der Waals surface area (Å²) in [5, 5.41) is 34.3. The predicted molar refractivity (Wildman–Crippen MR) is 113 cm³/mol. The van der Waals surface area contributed by atoms with Gasteiger partial charge in [-0.25, -0.2) is 4.79 Å². The fraction of sp³-hybridized carbons (Fsp3) is 0.684. The molecule has 0 spiro atoms. The lowest BCUT2D eigenvalue weighted by atomic mass is 9.97. The Morgan fingerprint density at radius 1 is 0.879 bits per heavy atom. The predicted octanol–water partition coefficient (Wildman–Crippen LogP) is -2.98. The van der Waals surface area contributed by atoms with E-state index in [0.29, 0.717) is 6.42 Å². The molecule has 6 atom stereocenters. The van der Waals surface area contributed by atoms with Crippen molar-refractivity contribution in [1.82, 2.24) is 16.0 Å². The Balaban J connectivity index is 5.54. The van der Waals surface area contributed by atoms with Crippen LogP contribution >= 0.6 is 0 Å². The molecular formula is C19H33N5O9. The van der Waals surface area contributed by atoms with Crippen LogP contribution in [-0.2, 0) is 28.8 Å². The van der Waals surface area contributed by atoms with Gasteiger partial charge in [-0.15, -0.1) is 0 Å². The molecule has 0 aliphatic rings. The van der Waals surface area contributed by atoms with Gasteiger partial charge >= 0.3 is 11.9 Å². The maximum absolute atomic E-state index is 12.8. The van der Waals surface area contributed by atoms with E-state index in [1.807, 2.05) is 5.32 Å². The van der Waals surface area contributed by atoms with E-state index in [1.54, 1.807) is 13.8 Å². The number of primary amides is 1. The lowest BCUT2D eigenvalue weighted by Crippen LogP contribution is -2.59. The normalized spacial score (nSPS) is 16.3. The van der Waals surface area contributed by atoms with E-state index in [0.717, 1.165) is 6.92 Å². The van der Waals surface area contributed by atoms with E-state index in [-0.39, 0.29) is 12.8 Å². The highest BCUT2D eigenvalue weighted by atomic mass is 16.4. The van der Waals surface area contributed by atoms with Gasteiger partial charge in [0.05, 0.1) is 18.6 Å². The molecule has 4 amide bonds. The molecule has 0 saturated heterocycles. The summed E-state index contributed by atoms with van der Waals surface area (Å²) in [6.07, 6.45) is -2.18. The topological polar surface area (TPSA) is 251 Å². The van der Waals surface area contributed by atoms with Crippen molar-refractivity contribution in [3.8, 4) is 0 Å². The number of amides is 4. The molecule has 0 aromatic carbocycles. The minimum absolute atomic E-state index is 0.0595. The number of aliphatic hydroxyl groups is 1. The summed E-state index contributed by atoms with van der Waals surface area (Å²) >= 11 is 0. The third-order valence-electron chi connectivity index (χ3n) is 4.89. The summed E-state index contributed by atoms with van der Waals surface area (Å²) in [5.41, 5.74) is 10.7. The number of aliphatic carboxylic acids is 2. The third-order valence-corrected chi connectivity index (χ3v) is 4.89. The van der Waals surface area contributed by atoms with Gasteiger partial charge in [-0.2, -0.15) is 0 Å². The molecule has 0 saturated carbocycles. The lowest BCUT2D eigenvalue weighted by Gasteiger charge is -2.27. The zero-order chi connectivity index (χ0) is 25.9. The van der Waals surface area contributed by atoms with E-state index >= 15 is 0 Å². The maximum Gasteiger partial charge on any atom is 0.328 e. The minimum atomic E-state index is -1.74. The van der Waals surface area contributed by atoms with E-state index in [1.165, 1.54) is 0 Å². The van der Waals surface area contributed by atoms with Crippen molar-refractivity contribution in [3.63, 3.8) is 0 Å². The molecule has 0 aromatic rings. The molecule has 10 N–H and O–H groups in total. The van der Waals surface area contributed by atoms with Gasteiger partial charge in [0, 0.05) is 6.42 Å². The summed E-state index contributed by atoms with van der Waals surface area (Å²) in [7, 11) is 0. The van der Waals surface area contributed by atoms with Crippen LogP contribution in [0.1, 0.15) is 46.5 Å². The molecule has 0 rings (SSSR count). The Labute approximate surface area is 190 Å². The number of hydrogen-bond donors (Lipinski definition) is 8. The first-order valence-corrected chi connectivity index (χ1v) is 10.3. The number of nitrogens with one attached hydrogen (secondary N) is 3. The van der Waals surface area contributed by atoms with Crippen molar-refractivity contribution in [2.75, 3.05) is 0 Å². The highest BCUT2D eigenvalue weighted by Gasteiger charge is 2.34. The Bertz CT molecular complexity index is 743. The Hall–Kier alpha value is -3.26. The number of carbonyl (C=O) groups is 6. The molecule has 14 nitrogen and oxygen atoms in total. The molecule has 0 bridgehead atoms. The van der Waals surface area contributed by atoms with E-state index in [2.05, 4.69) is 10.6 Å². The molecule has 6 unspecified atom stereocenters. The minimum Gasteiger partial charge on any atom is -0.481 e. The fourth-order valence-corrected chi connectivity index (χ4v) is 2.68. The van der Waals surface area contributed by atoms with Crippen molar-refractivity contribution in [3.05, 3.63) is 0 Å². The van der Waals surface area contributed by atoms with Gasteiger partial charge in [0.15, 0.2) is 6.04 Å². The number of hydrogen-bond acceptors (Lipinski definition) is 8. The van der Waals surface area contributed by atoms with Gasteiger partial charge in [0.1, 0.15) is 12.1 Å². The summed E-state index contributed by atoms with van der Waals surface area (Å²) in [6, 6.07) is -5.78. The van der Waals surface area contributed by atoms with Crippen LogP contribution in [0.25, 0.3) is 0 Å². The van der Waals surface area contributed by atoms with Crippen molar-refractivity contribution >= 4 is 35.6 Å². The van der Waals surface area contributed by atoms with Crippen molar-refractivity contribution < 1.29 is 44.1 Å². The van der Waals surface area contributed by atoms with Crippen LogP contribution in [0, 0.1) is 5.92 Å². The Kier molecular flexibility index (Phi) is 12.6. The quantitative estimate of drug-likeness (QED) is 0.119. The fourth-order valence-electron chi connectivity index (χ4n) is 2.68. The largest absolute Gasteiger partial charge is 0.481 e. The molecule has 0 aliphatic heterocycles. The number of carboxylic acids is 2. The van der Waals surface area contributed by atoms with Crippen molar-refractivity contribution in [2.24, 2.45) is 17.4 Å². The second-order valence-corrected chi connectivity index (χ2v) is 7.71. The maximum atomic E-state index is 12.8. The van der Waals surface area contributed by atoms with Gasteiger partial charge in [-0.3, -0.25) is 24.0 Å². The third kappa shape index (κ3) is 10.7. The molecule has 0 heterocycles. The average Bonchev–Trinajstić information content (AvgIpc) is 2.71. The van der Waals surface area contributed by atoms with Crippen LogP contribution in [0.15, 0.2) is 0 Å². The number of rotatable bonds is 15. The van der Waals surface area contributed by atoms with Crippen LogP contribution in [0.2, 0.25) is 0 Å². The van der Waals surface area contributed by atoms with Crippen LogP contribution in [0.4, 0.5) is 0 Å².